The highest BCUT2D eigenvalue weighted by Gasteiger charge is 2.29. The van der Waals surface area contributed by atoms with Crippen molar-refractivity contribution in [3.8, 4) is 0 Å². The number of nitrogens with one attached hydrogen (secondary N) is 3. The molecule has 0 aliphatic rings. The predicted molar refractivity (Wildman–Crippen MR) is 110 cm³/mol. The maximum atomic E-state index is 12.6. The van der Waals surface area contributed by atoms with Crippen molar-refractivity contribution in [2.45, 2.75) is 78.0 Å². The van der Waals surface area contributed by atoms with E-state index in [1.165, 1.54) is 6.92 Å². The van der Waals surface area contributed by atoms with Crippen LogP contribution in [0, 0.1) is 11.8 Å². The minimum atomic E-state index is -1.31. The number of hydrogen-bond donors (Lipinski definition) is 6. The molecule has 0 aliphatic carbocycles. The first-order valence-corrected chi connectivity index (χ1v) is 9.92. The second-order valence-corrected chi connectivity index (χ2v) is 8.22. The van der Waals surface area contributed by atoms with E-state index in [0.29, 0.717) is 6.42 Å². The van der Waals surface area contributed by atoms with E-state index >= 15 is 0 Å². The molecule has 0 unspecified atom stereocenters. The summed E-state index contributed by atoms with van der Waals surface area (Å²) in [6, 6.07) is -4.17. The van der Waals surface area contributed by atoms with Crippen LogP contribution >= 0.6 is 0 Å². The van der Waals surface area contributed by atoms with Crippen molar-refractivity contribution in [1.82, 2.24) is 16.0 Å². The largest absolute Gasteiger partial charge is 0.481 e. The molecule has 0 aromatic rings. The Morgan fingerprint density at radius 1 is 0.767 bits per heavy atom. The van der Waals surface area contributed by atoms with Crippen LogP contribution in [-0.4, -0.2) is 58.9 Å². The molecule has 0 radical (unpaired) electrons. The summed E-state index contributed by atoms with van der Waals surface area (Å²) in [5.41, 5.74) is 10.9. The first-order valence-electron chi connectivity index (χ1n) is 9.92. The van der Waals surface area contributed by atoms with Gasteiger partial charge in [-0.3, -0.25) is 24.0 Å². The summed E-state index contributed by atoms with van der Waals surface area (Å²) in [6.07, 6.45) is 0.0310. The van der Waals surface area contributed by atoms with Gasteiger partial charge < -0.3 is 32.5 Å². The summed E-state index contributed by atoms with van der Waals surface area (Å²) in [5, 5.41) is 16.2. The molecule has 0 heterocycles. The van der Waals surface area contributed by atoms with Gasteiger partial charge in [-0.05, 0) is 31.6 Å². The van der Waals surface area contributed by atoms with Crippen molar-refractivity contribution in [2.75, 3.05) is 0 Å². The molecule has 0 fully saturated rings. The second kappa shape index (κ2) is 12.8. The van der Waals surface area contributed by atoms with E-state index < -0.39 is 60.2 Å². The highest BCUT2D eigenvalue weighted by Crippen LogP contribution is 2.07. The van der Waals surface area contributed by atoms with Gasteiger partial charge in [0.05, 0.1) is 12.5 Å². The monoisotopic (exact) mass is 429 g/mol. The van der Waals surface area contributed by atoms with Crippen LogP contribution in [0.5, 0.6) is 0 Å². The number of carboxylic acid groups (broad SMARTS) is 1. The van der Waals surface area contributed by atoms with Gasteiger partial charge in [0.25, 0.3) is 0 Å². The molecule has 0 spiro atoms. The topological polar surface area (TPSA) is 194 Å². The van der Waals surface area contributed by atoms with Gasteiger partial charge in [0.15, 0.2) is 0 Å². The molecule has 0 rings (SSSR count). The van der Waals surface area contributed by atoms with Crippen LogP contribution in [-0.2, 0) is 24.0 Å². The number of nitrogens with two attached hydrogens (primary N) is 2. The van der Waals surface area contributed by atoms with Crippen LogP contribution in [0.2, 0.25) is 0 Å². The summed E-state index contributed by atoms with van der Waals surface area (Å²) >= 11 is 0. The van der Waals surface area contributed by atoms with Crippen molar-refractivity contribution < 1.29 is 29.1 Å². The fourth-order valence-electron chi connectivity index (χ4n) is 2.66. The Bertz CT molecular complexity index is 637. The van der Waals surface area contributed by atoms with Gasteiger partial charge in [-0.25, -0.2) is 0 Å². The minimum absolute atomic E-state index is 0.0196. The molecule has 0 bridgehead atoms. The third-order valence-electron chi connectivity index (χ3n) is 4.19. The molecular weight excluding hydrogens is 394 g/mol. The van der Waals surface area contributed by atoms with Gasteiger partial charge >= 0.3 is 5.97 Å². The van der Waals surface area contributed by atoms with Crippen molar-refractivity contribution in [1.29, 1.82) is 0 Å². The number of carbonyl (C=O) groups excluding carboxylic acids is 4. The Hall–Kier alpha value is -2.69. The molecule has 8 N–H and O–H groups in total. The van der Waals surface area contributed by atoms with E-state index in [1.807, 2.05) is 27.7 Å². The normalized spacial score (nSPS) is 15.1. The molecule has 0 aliphatic heterocycles. The lowest BCUT2D eigenvalue weighted by Gasteiger charge is -2.24. The zero-order chi connectivity index (χ0) is 23.6. The molecule has 30 heavy (non-hydrogen) atoms. The predicted octanol–water partition coefficient (Wildman–Crippen LogP) is -1.16. The maximum absolute atomic E-state index is 12.6. The van der Waals surface area contributed by atoms with Crippen LogP contribution in [0.25, 0.3) is 0 Å². The number of carbonyl (C=O) groups is 5. The molecule has 0 aromatic carbocycles. The van der Waals surface area contributed by atoms with Crippen LogP contribution < -0.4 is 27.4 Å². The van der Waals surface area contributed by atoms with Gasteiger partial charge in [-0.15, -0.1) is 0 Å². The SMILES string of the molecule is CC(C)C[C@H](NC(=O)[C@H](C)NC(=O)[C@H](CC(C)C)NC(=O)[C@@H](N)CC(=O)O)C(N)=O. The Morgan fingerprint density at radius 2 is 1.23 bits per heavy atom. The molecule has 4 amide bonds. The van der Waals surface area contributed by atoms with E-state index in [0.717, 1.165) is 0 Å². The third-order valence-corrected chi connectivity index (χ3v) is 4.19. The summed E-state index contributed by atoms with van der Waals surface area (Å²) in [7, 11) is 0. The molecular formula is C19H35N5O6. The average molecular weight is 430 g/mol. The first-order chi connectivity index (χ1) is 13.7. The number of aliphatic carboxylic acids is 1. The van der Waals surface area contributed by atoms with Crippen LogP contribution in [0.4, 0.5) is 0 Å². The second-order valence-electron chi connectivity index (χ2n) is 8.22. The lowest BCUT2D eigenvalue weighted by atomic mass is 10.0. The van der Waals surface area contributed by atoms with Crippen molar-refractivity contribution >= 4 is 29.6 Å². The van der Waals surface area contributed by atoms with E-state index in [9.17, 15) is 24.0 Å². The van der Waals surface area contributed by atoms with E-state index in [1.54, 1.807) is 0 Å². The highest BCUT2D eigenvalue weighted by atomic mass is 16.4. The molecule has 11 heteroatoms. The number of rotatable bonds is 13. The van der Waals surface area contributed by atoms with Crippen molar-refractivity contribution in [3.05, 3.63) is 0 Å². The van der Waals surface area contributed by atoms with Gasteiger partial charge in [0.1, 0.15) is 18.1 Å². The van der Waals surface area contributed by atoms with Gasteiger partial charge in [0, 0.05) is 0 Å². The standard InChI is InChI=1S/C19H35N5O6/c1-9(2)6-13(16(21)27)23-17(28)11(5)22-19(30)14(7-10(3)4)24-18(29)12(20)8-15(25)26/h9-14H,6-8,20H2,1-5H3,(H2,21,27)(H,22,30)(H,23,28)(H,24,29)(H,25,26)/t11-,12-,13-,14-/m0/s1. The lowest BCUT2D eigenvalue weighted by molar-refractivity contribution is -0.140. The minimum Gasteiger partial charge on any atom is -0.481 e. The smallest absolute Gasteiger partial charge is 0.305 e. The third kappa shape index (κ3) is 10.7. The van der Waals surface area contributed by atoms with Crippen molar-refractivity contribution in [2.24, 2.45) is 23.3 Å². The quantitative estimate of drug-likeness (QED) is 0.212. The molecule has 4 atom stereocenters. The Labute approximate surface area is 176 Å². The zero-order valence-corrected chi connectivity index (χ0v) is 18.2. The summed E-state index contributed by atoms with van der Waals surface area (Å²) in [4.78, 5) is 59.3. The van der Waals surface area contributed by atoms with Gasteiger partial charge in [-0.1, -0.05) is 27.7 Å². The molecule has 172 valence electrons. The first kappa shape index (κ1) is 27.3. The summed E-state index contributed by atoms with van der Waals surface area (Å²) in [6.45, 7) is 8.86. The van der Waals surface area contributed by atoms with Crippen molar-refractivity contribution in [3.63, 3.8) is 0 Å². The fraction of sp³-hybridized carbons (Fsp3) is 0.737. The van der Waals surface area contributed by atoms with Gasteiger partial charge in [0.2, 0.25) is 23.6 Å². The molecule has 0 saturated carbocycles. The molecule has 0 saturated heterocycles. The Morgan fingerprint density at radius 3 is 1.67 bits per heavy atom. The number of amides is 4. The van der Waals surface area contributed by atoms with Gasteiger partial charge in [-0.2, -0.15) is 0 Å². The van der Waals surface area contributed by atoms with E-state index in [-0.39, 0.29) is 18.3 Å². The Balaban J connectivity index is 5.07. The summed E-state index contributed by atoms with van der Waals surface area (Å²) in [5.74, 6) is -3.77. The number of hydrogen-bond acceptors (Lipinski definition) is 6. The molecule has 0 aromatic heterocycles. The van der Waals surface area contributed by atoms with E-state index in [4.69, 9.17) is 16.6 Å². The Kier molecular flexibility index (Phi) is 11.6. The zero-order valence-electron chi connectivity index (χ0n) is 18.2. The average Bonchev–Trinajstić information content (AvgIpc) is 2.58. The number of carboxylic acids is 1. The van der Waals surface area contributed by atoms with Crippen LogP contribution in [0.1, 0.15) is 53.9 Å². The lowest BCUT2D eigenvalue weighted by Crippen LogP contribution is -2.57. The number of primary amides is 1. The van der Waals surface area contributed by atoms with Crippen LogP contribution in [0.3, 0.4) is 0 Å². The van der Waals surface area contributed by atoms with Crippen LogP contribution in [0.15, 0.2) is 0 Å². The van der Waals surface area contributed by atoms with E-state index in [2.05, 4.69) is 16.0 Å². The highest BCUT2D eigenvalue weighted by molar-refractivity contribution is 5.94. The maximum Gasteiger partial charge on any atom is 0.305 e. The summed E-state index contributed by atoms with van der Waals surface area (Å²) < 4.78 is 0. The molecule has 11 nitrogen and oxygen atoms in total. The fourth-order valence-corrected chi connectivity index (χ4v) is 2.66.